The second-order valence-corrected chi connectivity index (χ2v) is 7.95. The molecule has 1 heterocycles. The number of rotatable bonds is 6. The van der Waals surface area contributed by atoms with Crippen LogP contribution in [0.5, 0.6) is 0 Å². The summed E-state index contributed by atoms with van der Waals surface area (Å²) in [4.78, 5) is 0.0754. The van der Waals surface area contributed by atoms with Crippen LogP contribution < -0.4 is 4.72 Å². The molecule has 2 aromatic carbocycles. The van der Waals surface area contributed by atoms with Crippen LogP contribution >= 0.6 is 23.2 Å². The molecule has 0 aliphatic rings. The first-order chi connectivity index (χ1) is 12.0. The Morgan fingerprint density at radius 3 is 2.44 bits per heavy atom. The minimum Gasteiger partial charge on any atom is -0.268 e. The number of aromatic nitrogens is 2. The Labute approximate surface area is 156 Å². The van der Waals surface area contributed by atoms with Gasteiger partial charge in [0, 0.05) is 18.9 Å². The van der Waals surface area contributed by atoms with E-state index in [-0.39, 0.29) is 16.5 Å². The van der Waals surface area contributed by atoms with Gasteiger partial charge in [0.05, 0.1) is 21.5 Å². The molecule has 5 nitrogen and oxygen atoms in total. The number of benzene rings is 2. The van der Waals surface area contributed by atoms with Crippen LogP contribution in [0.3, 0.4) is 0 Å². The third-order valence-corrected chi connectivity index (χ3v) is 5.80. The molecule has 8 heteroatoms. The second-order valence-electron chi connectivity index (χ2n) is 5.37. The molecule has 0 atom stereocenters. The highest BCUT2D eigenvalue weighted by Gasteiger charge is 2.16. The highest BCUT2D eigenvalue weighted by molar-refractivity contribution is 7.89. The minimum absolute atomic E-state index is 0.0754. The number of sulfonamides is 1. The van der Waals surface area contributed by atoms with E-state index in [4.69, 9.17) is 23.2 Å². The van der Waals surface area contributed by atoms with Gasteiger partial charge in [-0.25, -0.2) is 13.1 Å². The molecule has 0 aliphatic carbocycles. The van der Waals surface area contributed by atoms with Gasteiger partial charge in [0.25, 0.3) is 0 Å². The first-order valence-corrected chi connectivity index (χ1v) is 9.68. The average Bonchev–Trinajstić information content (AvgIpc) is 3.09. The van der Waals surface area contributed by atoms with Crippen molar-refractivity contribution in [3.63, 3.8) is 0 Å². The summed E-state index contributed by atoms with van der Waals surface area (Å²) >= 11 is 11.7. The maximum Gasteiger partial charge on any atom is 0.240 e. The fourth-order valence-corrected chi connectivity index (χ4v) is 3.75. The lowest BCUT2D eigenvalue weighted by Gasteiger charge is -2.12. The van der Waals surface area contributed by atoms with Gasteiger partial charge in [-0.15, -0.1) is 0 Å². The molecule has 0 amide bonds. The fourth-order valence-electron chi connectivity index (χ4n) is 2.35. The van der Waals surface area contributed by atoms with Gasteiger partial charge in [0.2, 0.25) is 10.0 Å². The molecule has 0 aliphatic heterocycles. The molecule has 0 spiro atoms. The highest BCUT2D eigenvalue weighted by Crippen LogP contribution is 2.25. The summed E-state index contributed by atoms with van der Waals surface area (Å²) in [6, 6.07) is 13.7. The first kappa shape index (κ1) is 17.9. The SMILES string of the molecule is O=S(=O)(NCc1ccccc1Cn1cccn1)c1ccc(Cl)c(Cl)c1. The number of halogens is 2. The molecule has 0 saturated heterocycles. The maximum absolute atomic E-state index is 12.5. The Bertz CT molecular complexity index is 973. The summed E-state index contributed by atoms with van der Waals surface area (Å²) in [5.74, 6) is 0. The van der Waals surface area contributed by atoms with E-state index in [0.29, 0.717) is 11.6 Å². The molecule has 3 aromatic rings. The lowest BCUT2D eigenvalue weighted by molar-refractivity contribution is 0.580. The van der Waals surface area contributed by atoms with Crippen LogP contribution in [0.25, 0.3) is 0 Å². The van der Waals surface area contributed by atoms with Crippen molar-refractivity contribution >= 4 is 33.2 Å². The second kappa shape index (κ2) is 7.58. The molecule has 0 radical (unpaired) electrons. The summed E-state index contributed by atoms with van der Waals surface area (Å²) in [5, 5.41) is 4.69. The molecule has 130 valence electrons. The van der Waals surface area contributed by atoms with Gasteiger partial charge in [-0.05, 0) is 35.4 Å². The molecule has 0 fully saturated rings. The largest absolute Gasteiger partial charge is 0.268 e. The lowest BCUT2D eigenvalue weighted by atomic mass is 10.1. The quantitative estimate of drug-likeness (QED) is 0.691. The van der Waals surface area contributed by atoms with Crippen molar-refractivity contribution in [3.8, 4) is 0 Å². The molecule has 25 heavy (non-hydrogen) atoms. The third-order valence-electron chi connectivity index (χ3n) is 3.66. The number of hydrogen-bond acceptors (Lipinski definition) is 3. The van der Waals surface area contributed by atoms with E-state index in [1.54, 1.807) is 10.9 Å². The van der Waals surface area contributed by atoms with Crippen molar-refractivity contribution in [2.24, 2.45) is 0 Å². The van der Waals surface area contributed by atoms with Crippen molar-refractivity contribution in [3.05, 3.63) is 82.1 Å². The Morgan fingerprint density at radius 2 is 1.76 bits per heavy atom. The Kier molecular flexibility index (Phi) is 5.44. The Morgan fingerprint density at radius 1 is 1.00 bits per heavy atom. The summed E-state index contributed by atoms with van der Waals surface area (Å²) in [7, 11) is -3.69. The van der Waals surface area contributed by atoms with Crippen LogP contribution in [0.2, 0.25) is 10.0 Å². The van der Waals surface area contributed by atoms with E-state index in [2.05, 4.69) is 9.82 Å². The predicted molar refractivity (Wildman–Crippen MR) is 98.3 cm³/mol. The topological polar surface area (TPSA) is 64.0 Å². The molecule has 0 bridgehead atoms. The average molecular weight is 396 g/mol. The molecular weight excluding hydrogens is 381 g/mol. The van der Waals surface area contributed by atoms with Gasteiger partial charge < -0.3 is 0 Å². The monoisotopic (exact) mass is 395 g/mol. The third kappa shape index (κ3) is 4.41. The van der Waals surface area contributed by atoms with Gasteiger partial charge >= 0.3 is 0 Å². The maximum atomic E-state index is 12.5. The van der Waals surface area contributed by atoms with Crippen LogP contribution in [-0.2, 0) is 23.1 Å². The summed E-state index contributed by atoms with van der Waals surface area (Å²) in [6.07, 6.45) is 3.56. The van der Waals surface area contributed by atoms with Gasteiger partial charge in [-0.3, -0.25) is 4.68 Å². The number of nitrogens with zero attached hydrogens (tertiary/aromatic N) is 2. The summed E-state index contributed by atoms with van der Waals surface area (Å²) in [5.41, 5.74) is 1.87. The Balaban J connectivity index is 1.78. The van der Waals surface area contributed by atoms with Crippen molar-refractivity contribution in [2.75, 3.05) is 0 Å². The van der Waals surface area contributed by atoms with E-state index in [1.807, 2.05) is 36.5 Å². The molecule has 1 N–H and O–H groups in total. The van der Waals surface area contributed by atoms with E-state index >= 15 is 0 Å². The highest BCUT2D eigenvalue weighted by atomic mass is 35.5. The van der Waals surface area contributed by atoms with Gasteiger partial charge in [0.15, 0.2) is 0 Å². The molecular formula is C17H15Cl2N3O2S. The normalized spacial score (nSPS) is 11.6. The predicted octanol–water partition coefficient (Wildman–Crippen LogP) is 3.72. The number of hydrogen-bond donors (Lipinski definition) is 1. The van der Waals surface area contributed by atoms with Crippen molar-refractivity contribution in [1.82, 2.24) is 14.5 Å². The zero-order valence-corrected chi connectivity index (χ0v) is 15.4. The lowest BCUT2D eigenvalue weighted by Crippen LogP contribution is -2.24. The van der Waals surface area contributed by atoms with E-state index in [1.165, 1.54) is 18.2 Å². The standard InChI is InChI=1S/C17H15Cl2N3O2S/c18-16-7-6-15(10-17(16)19)25(23,24)21-11-13-4-1-2-5-14(13)12-22-9-3-8-20-22/h1-10,21H,11-12H2. The zero-order chi connectivity index (χ0) is 17.9. The van der Waals surface area contributed by atoms with Crippen molar-refractivity contribution in [2.45, 2.75) is 18.0 Å². The first-order valence-electron chi connectivity index (χ1n) is 7.44. The zero-order valence-electron chi connectivity index (χ0n) is 13.1. The van der Waals surface area contributed by atoms with E-state index < -0.39 is 10.0 Å². The molecule has 1 aromatic heterocycles. The van der Waals surface area contributed by atoms with Gasteiger partial charge in [0.1, 0.15) is 0 Å². The van der Waals surface area contributed by atoms with E-state index in [0.717, 1.165) is 11.1 Å². The summed E-state index contributed by atoms with van der Waals surface area (Å²) in [6.45, 7) is 0.734. The molecule has 0 saturated carbocycles. The van der Waals surface area contributed by atoms with Crippen LogP contribution in [0.15, 0.2) is 65.8 Å². The van der Waals surface area contributed by atoms with Crippen LogP contribution in [-0.4, -0.2) is 18.2 Å². The van der Waals surface area contributed by atoms with Crippen LogP contribution in [0, 0.1) is 0 Å². The van der Waals surface area contributed by atoms with Crippen molar-refractivity contribution < 1.29 is 8.42 Å². The minimum atomic E-state index is -3.69. The van der Waals surface area contributed by atoms with E-state index in [9.17, 15) is 8.42 Å². The molecule has 3 rings (SSSR count). The van der Waals surface area contributed by atoms with Gasteiger partial charge in [-0.2, -0.15) is 5.10 Å². The van der Waals surface area contributed by atoms with Crippen LogP contribution in [0.1, 0.15) is 11.1 Å². The van der Waals surface area contributed by atoms with Gasteiger partial charge in [-0.1, -0.05) is 47.5 Å². The fraction of sp³-hybridized carbons (Fsp3) is 0.118. The Hall–Kier alpha value is -1.86. The van der Waals surface area contributed by atoms with Crippen molar-refractivity contribution in [1.29, 1.82) is 0 Å². The molecule has 0 unspecified atom stereocenters. The van der Waals surface area contributed by atoms with Crippen LogP contribution in [0.4, 0.5) is 0 Å². The summed E-state index contributed by atoms with van der Waals surface area (Å²) < 4.78 is 29.3. The number of nitrogens with one attached hydrogen (secondary N) is 1. The smallest absolute Gasteiger partial charge is 0.240 e.